The van der Waals surface area contributed by atoms with Gasteiger partial charge >= 0.3 is 0 Å². The van der Waals surface area contributed by atoms with Crippen molar-refractivity contribution >= 4 is 5.69 Å². The quantitative estimate of drug-likeness (QED) is 0.786. The molecule has 0 bridgehead atoms. The number of H-pyrrole nitrogens is 1. The summed E-state index contributed by atoms with van der Waals surface area (Å²) in [7, 11) is 0. The molecule has 0 spiro atoms. The second-order valence-corrected chi connectivity index (χ2v) is 6.46. The van der Waals surface area contributed by atoms with E-state index in [1.807, 2.05) is 12.4 Å². The lowest BCUT2D eigenvalue weighted by molar-refractivity contribution is 0.188. The van der Waals surface area contributed by atoms with Gasteiger partial charge in [0.05, 0.1) is 12.0 Å². The molecule has 1 aromatic heterocycles. The molecule has 0 radical (unpaired) electrons. The highest BCUT2D eigenvalue weighted by Crippen LogP contribution is 2.40. The van der Waals surface area contributed by atoms with Crippen LogP contribution >= 0.6 is 0 Å². The third-order valence-electron chi connectivity index (χ3n) is 5.08. The Bertz CT molecular complexity index is 833. The van der Waals surface area contributed by atoms with E-state index in [0.717, 1.165) is 30.8 Å². The molecule has 0 saturated carbocycles. The topological polar surface area (TPSA) is 41.2 Å². The first-order chi connectivity index (χ1) is 11.9. The van der Waals surface area contributed by atoms with E-state index in [2.05, 4.69) is 63.4 Å². The first-order valence-corrected chi connectivity index (χ1v) is 8.48. The summed E-state index contributed by atoms with van der Waals surface area (Å²) in [6.07, 6.45) is 3.82. The summed E-state index contributed by atoms with van der Waals surface area (Å²) in [5, 5.41) is 0. The highest BCUT2D eigenvalue weighted by Gasteiger charge is 2.40. The van der Waals surface area contributed by atoms with Crippen molar-refractivity contribution in [2.75, 3.05) is 11.4 Å². The largest absolute Gasteiger partial charge is 0.487 e. The van der Waals surface area contributed by atoms with Crippen molar-refractivity contribution in [1.29, 1.82) is 0 Å². The van der Waals surface area contributed by atoms with Gasteiger partial charge in [0.1, 0.15) is 17.9 Å². The smallest absolute Gasteiger partial charge is 0.129 e. The van der Waals surface area contributed by atoms with Crippen LogP contribution in [-0.2, 0) is 12.8 Å². The first-order valence-electron chi connectivity index (χ1n) is 8.48. The summed E-state index contributed by atoms with van der Waals surface area (Å²) in [5.74, 6) is 1.01. The van der Waals surface area contributed by atoms with Gasteiger partial charge in [0.25, 0.3) is 0 Å². The summed E-state index contributed by atoms with van der Waals surface area (Å²) in [5.41, 5.74) is 4.89. The Morgan fingerprint density at radius 2 is 1.88 bits per heavy atom. The number of anilines is 1. The molecular formula is C20H19N3O. The molecule has 120 valence electrons. The van der Waals surface area contributed by atoms with Crippen LogP contribution in [0.25, 0.3) is 0 Å². The molecule has 5 rings (SSSR count). The van der Waals surface area contributed by atoms with Crippen LogP contribution in [0.4, 0.5) is 5.69 Å². The van der Waals surface area contributed by atoms with E-state index in [0.29, 0.717) is 0 Å². The van der Waals surface area contributed by atoms with E-state index in [9.17, 15) is 0 Å². The average Bonchev–Trinajstić information content (AvgIpc) is 3.28. The van der Waals surface area contributed by atoms with Crippen molar-refractivity contribution in [3.8, 4) is 5.75 Å². The number of para-hydroxylation sites is 2. The number of hydrogen-bond acceptors (Lipinski definition) is 3. The zero-order valence-electron chi connectivity index (χ0n) is 13.4. The number of nitrogens with one attached hydrogen (secondary N) is 1. The van der Waals surface area contributed by atoms with Gasteiger partial charge in [-0.25, -0.2) is 4.98 Å². The van der Waals surface area contributed by atoms with Gasteiger partial charge in [-0.3, -0.25) is 0 Å². The molecule has 3 heterocycles. The lowest BCUT2D eigenvalue weighted by Gasteiger charge is -2.39. The minimum absolute atomic E-state index is 0.0879. The van der Waals surface area contributed by atoms with Crippen LogP contribution in [0.1, 0.15) is 23.0 Å². The predicted molar refractivity (Wildman–Crippen MR) is 93.4 cm³/mol. The maximum atomic E-state index is 6.33. The van der Waals surface area contributed by atoms with Crippen LogP contribution in [0.2, 0.25) is 0 Å². The Hall–Kier alpha value is -2.75. The molecule has 2 atom stereocenters. The van der Waals surface area contributed by atoms with Crippen molar-refractivity contribution in [2.24, 2.45) is 0 Å². The summed E-state index contributed by atoms with van der Waals surface area (Å²) in [6.45, 7) is 0.972. The molecule has 0 amide bonds. The molecule has 3 aromatic rings. The number of benzene rings is 2. The van der Waals surface area contributed by atoms with E-state index in [1.165, 1.54) is 16.9 Å². The van der Waals surface area contributed by atoms with Gasteiger partial charge in [0, 0.05) is 30.8 Å². The third-order valence-corrected chi connectivity index (χ3v) is 5.08. The van der Waals surface area contributed by atoms with Crippen molar-refractivity contribution in [1.82, 2.24) is 9.97 Å². The standard InChI is InChI=1S/C20H19N3O/c1-2-7-15(8-3-1)23-11-10-16-19(22-13-21-16)20(23)18-12-14-6-4-5-9-17(14)24-18/h1-9,13,18,20H,10-12H2,(H,21,22)/t18?,20-/m0/s1. The molecule has 4 nitrogen and oxygen atoms in total. The van der Waals surface area contributed by atoms with Gasteiger partial charge in [0.15, 0.2) is 0 Å². The lowest BCUT2D eigenvalue weighted by atomic mass is 9.94. The van der Waals surface area contributed by atoms with E-state index < -0.39 is 0 Å². The van der Waals surface area contributed by atoms with Gasteiger partial charge in [-0.2, -0.15) is 0 Å². The van der Waals surface area contributed by atoms with Gasteiger partial charge in [-0.05, 0) is 23.8 Å². The molecule has 0 fully saturated rings. The predicted octanol–water partition coefficient (Wildman–Crippen LogP) is 3.52. The van der Waals surface area contributed by atoms with Crippen molar-refractivity contribution < 1.29 is 4.74 Å². The van der Waals surface area contributed by atoms with Gasteiger partial charge < -0.3 is 14.6 Å². The highest BCUT2D eigenvalue weighted by atomic mass is 16.5. The van der Waals surface area contributed by atoms with Crippen LogP contribution in [0.5, 0.6) is 5.75 Å². The fraction of sp³-hybridized carbons (Fsp3) is 0.250. The summed E-state index contributed by atoms with van der Waals surface area (Å²) in [4.78, 5) is 10.4. The average molecular weight is 317 g/mol. The van der Waals surface area contributed by atoms with Crippen LogP contribution in [0.3, 0.4) is 0 Å². The Morgan fingerprint density at radius 3 is 2.75 bits per heavy atom. The molecule has 0 saturated heterocycles. The molecule has 2 aliphatic heterocycles. The van der Waals surface area contributed by atoms with Crippen LogP contribution in [0.15, 0.2) is 60.9 Å². The minimum Gasteiger partial charge on any atom is -0.487 e. The minimum atomic E-state index is 0.0879. The van der Waals surface area contributed by atoms with E-state index in [4.69, 9.17) is 4.74 Å². The van der Waals surface area contributed by atoms with Crippen LogP contribution in [-0.4, -0.2) is 22.6 Å². The zero-order valence-corrected chi connectivity index (χ0v) is 13.4. The fourth-order valence-electron chi connectivity index (χ4n) is 3.98. The maximum absolute atomic E-state index is 6.33. The summed E-state index contributed by atoms with van der Waals surface area (Å²) < 4.78 is 6.33. The lowest BCUT2D eigenvalue weighted by Crippen LogP contribution is -2.43. The molecule has 4 heteroatoms. The molecular weight excluding hydrogens is 298 g/mol. The Balaban J connectivity index is 1.56. The van der Waals surface area contributed by atoms with Crippen molar-refractivity contribution in [2.45, 2.75) is 25.0 Å². The van der Waals surface area contributed by atoms with E-state index in [1.54, 1.807) is 0 Å². The SMILES string of the molecule is c1ccc(N2CCc3[nH]cnc3[C@@H]2C2Cc3ccccc3O2)cc1. The van der Waals surface area contributed by atoms with Crippen LogP contribution in [0, 0.1) is 0 Å². The molecule has 2 aromatic carbocycles. The second-order valence-electron chi connectivity index (χ2n) is 6.46. The fourth-order valence-corrected chi connectivity index (χ4v) is 3.98. The Labute approximate surface area is 141 Å². The Kier molecular flexibility index (Phi) is 3.08. The molecule has 0 aliphatic carbocycles. The van der Waals surface area contributed by atoms with Crippen LogP contribution < -0.4 is 9.64 Å². The third kappa shape index (κ3) is 2.10. The van der Waals surface area contributed by atoms with E-state index >= 15 is 0 Å². The van der Waals surface area contributed by atoms with E-state index in [-0.39, 0.29) is 12.1 Å². The summed E-state index contributed by atoms with van der Waals surface area (Å²) in [6, 6.07) is 19.1. The zero-order chi connectivity index (χ0) is 15.9. The number of aromatic amines is 1. The van der Waals surface area contributed by atoms with Gasteiger partial charge in [-0.15, -0.1) is 0 Å². The molecule has 1 unspecified atom stereocenters. The second kappa shape index (κ2) is 5.41. The molecule has 1 N–H and O–H groups in total. The number of imidazole rings is 1. The van der Waals surface area contributed by atoms with Gasteiger partial charge in [-0.1, -0.05) is 36.4 Å². The summed E-state index contributed by atoms with van der Waals surface area (Å²) >= 11 is 0. The van der Waals surface area contributed by atoms with Crippen molar-refractivity contribution in [3.05, 3.63) is 77.9 Å². The number of aromatic nitrogens is 2. The number of hydrogen-bond donors (Lipinski definition) is 1. The Morgan fingerprint density at radius 1 is 1.04 bits per heavy atom. The molecule has 24 heavy (non-hydrogen) atoms. The van der Waals surface area contributed by atoms with Gasteiger partial charge in [0.2, 0.25) is 0 Å². The number of ether oxygens (including phenoxy) is 1. The number of nitrogens with zero attached hydrogens (tertiary/aromatic N) is 2. The normalized spacial score (nSPS) is 21.9. The highest BCUT2D eigenvalue weighted by molar-refractivity contribution is 5.52. The monoisotopic (exact) mass is 317 g/mol. The first kappa shape index (κ1) is 13.7. The molecule has 2 aliphatic rings. The number of rotatable bonds is 2. The maximum Gasteiger partial charge on any atom is 0.129 e. The van der Waals surface area contributed by atoms with Crippen molar-refractivity contribution in [3.63, 3.8) is 0 Å². The number of fused-ring (bicyclic) bond motifs is 2.